The largest absolute Gasteiger partial charge is 0.384 e. The number of thioether (sulfide) groups is 1. The van der Waals surface area contributed by atoms with Crippen LogP contribution in [0.1, 0.15) is 0 Å². The molecule has 0 aliphatic heterocycles. The van der Waals surface area contributed by atoms with Crippen molar-refractivity contribution in [3.05, 3.63) is 47.6 Å². The molecule has 1 aromatic carbocycles. The molecular formula is C13H12ClN3OS. The molecule has 1 aromatic heterocycles. The summed E-state index contributed by atoms with van der Waals surface area (Å²) in [5.41, 5.74) is 6.10. The van der Waals surface area contributed by atoms with Crippen molar-refractivity contribution in [2.75, 3.05) is 16.8 Å². The van der Waals surface area contributed by atoms with Crippen molar-refractivity contribution in [2.24, 2.45) is 0 Å². The maximum Gasteiger partial charge on any atom is 0.234 e. The average molecular weight is 294 g/mol. The van der Waals surface area contributed by atoms with Crippen LogP contribution in [-0.2, 0) is 4.79 Å². The van der Waals surface area contributed by atoms with Gasteiger partial charge in [0.1, 0.15) is 5.82 Å². The summed E-state index contributed by atoms with van der Waals surface area (Å²) in [5.74, 6) is 0.636. The number of para-hydroxylation sites is 1. The molecule has 3 N–H and O–H groups in total. The van der Waals surface area contributed by atoms with E-state index in [0.29, 0.717) is 16.5 Å². The summed E-state index contributed by atoms with van der Waals surface area (Å²) in [4.78, 5) is 16.6. The van der Waals surface area contributed by atoms with Gasteiger partial charge in [0.15, 0.2) is 0 Å². The van der Waals surface area contributed by atoms with Crippen LogP contribution < -0.4 is 11.1 Å². The zero-order valence-corrected chi connectivity index (χ0v) is 11.5. The Labute approximate surface area is 120 Å². The number of amides is 1. The zero-order valence-electron chi connectivity index (χ0n) is 9.97. The Bertz CT molecular complexity index is 574. The molecule has 0 saturated carbocycles. The summed E-state index contributed by atoms with van der Waals surface area (Å²) < 4.78 is 0. The third-order valence-electron chi connectivity index (χ3n) is 2.28. The second-order valence-electron chi connectivity index (χ2n) is 3.74. The Morgan fingerprint density at radius 3 is 2.79 bits per heavy atom. The zero-order chi connectivity index (χ0) is 13.7. The predicted octanol–water partition coefficient (Wildman–Crippen LogP) is 3.05. The fourth-order valence-corrected chi connectivity index (χ4v) is 2.22. The van der Waals surface area contributed by atoms with Crippen molar-refractivity contribution in [3.8, 4) is 0 Å². The number of carbonyl (C=O) groups excluding carboxylic acids is 1. The minimum Gasteiger partial charge on any atom is -0.384 e. The highest BCUT2D eigenvalue weighted by Crippen LogP contribution is 2.22. The number of rotatable bonds is 4. The van der Waals surface area contributed by atoms with Gasteiger partial charge >= 0.3 is 0 Å². The molecule has 0 saturated heterocycles. The molecule has 0 bridgehead atoms. The number of hydrogen-bond acceptors (Lipinski definition) is 4. The van der Waals surface area contributed by atoms with Gasteiger partial charge in [-0.3, -0.25) is 4.79 Å². The number of aromatic nitrogens is 1. The molecule has 2 rings (SSSR count). The van der Waals surface area contributed by atoms with E-state index in [9.17, 15) is 4.79 Å². The normalized spacial score (nSPS) is 10.2. The molecule has 98 valence electrons. The van der Waals surface area contributed by atoms with Gasteiger partial charge in [-0.05, 0) is 24.3 Å². The molecule has 0 fully saturated rings. The first kappa shape index (κ1) is 13.7. The van der Waals surface area contributed by atoms with Gasteiger partial charge in [-0.25, -0.2) is 4.98 Å². The monoisotopic (exact) mass is 293 g/mol. The van der Waals surface area contributed by atoms with Gasteiger partial charge in [0.2, 0.25) is 5.91 Å². The summed E-state index contributed by atoms with van der Waals surface area (Å²) in [6.45, 7) is 0. The van der Waals surface area contributed by atoms with Crippen LogP contribution >= 0.6 is 23.4 Å². The Morgan fingerprint density at radius 2 is 2.11 bits per heavy atom. The molecule has 0 aliphatic carbocycles. The van der Waals surface area contributed by atoms with Crippen LogP contribution in [0, 0.1) is 0 Å². The number of nitrogens with two attached hydrogens (primary N) is 1. The molecule has 0 aliphatic rings. The van der Waals surface area contributed by atoms with Crippen molar-refractivity contribution in [2.45, 2.75) is 4.90 Å². The summed E-state index contributed by atoms with van der Waals surface area (Å²) in [6.07, 6.45) is 1.64. The van der Waals surface area contributed by atoms with Gasteiger partial charge in [0.05, 0.1) is 16.5 Å². The van der Waals surface area contributed by atoms with Gasteiger partial charge in [0.25, 0.3) is 0 Å². The number of halogens is 1. The van der Waals surface area contributed by atoms with Crippen molar-refractivity contribution >= 4 is 40.8 Å². The van der Waals surface area contributed by atoms with E-state index in [2.05, 4.69) is 10.3 Å². The fourth-order valence-electron chi connectivity index (χ4n) is 1.37. The number of hydrogen-bond donors (Lipinski definition) is 2. The minimum atomic E-state index is -0.116. The highest BCUT2D eigenvalue weighted by molar-refractivity contribution is 8.00. The number of carbonyl (C=O) groups is 1. The third kappa shape index (κ3) is 4.15. The molecule has 6 heteroatoms. The summed E-state index contributed by atoms with van der Waals surface area (Å²) in [5, 5.41) is 3.28. The SMILES string of the molecule is Nc1ccc(SCC(=O)Nc2ccccc2Cl)cn1. The quantitative estimate of drug-likeness (QED) is 0.850. The van der Waals surface area contributed by atoms with E-state index in [1.807, 2.05) is 18.2 Å². The molecule has 1 heterocycles. The maximum absolute atomic E-state index is 11.8. The van der Waals surface area contributed by atoms with E-state index < -0.39 is 0 Å². The lowest BCUT2D eigenvalue weighted by molar-refractivity contribution is -0.113. The fraction of sp³-hybridized carbons (Fsp3) is 0.0769. The molecule has 4 nitrogen and oxygen atoms in total. The molecule has 0 atom stereocenters. The maximum atomic E-state index is 11.8. The first-order chi connectivity index (χ1) is 9.15. The lowest BCUT2D eigenvalue weighted by Crippen LogP contribution is -2.14. The first-order valence-electron chi connectivity index (χ1n) is 5.54. The Morgan fingerprint density at radius 1 is 1.32 bits per heavy atom. The highest BCUT2D eigenvalue weighted by Gasteiger charge is 2.06. The lowest BCUT2D eigenvalue weighted by atomic mass is 10.3. The molecule has 19 heavy (non-hydrogen) atoms. The summed E-state index contributed by atoms with van der Waals surface area (Å²) in [6, 6.07) is 10.7. The average Bonchev–Trinajstić information content (AvgIpc) is 2.41. The van der Waals surface area contributed by atoms with Crippen molar-refractivity contribution in [1.29, 1.82) is 0 Å². The number of nitrogen functional groups attached to an aromatic ring is 1. The van der Waals surface area contributed by atoms with Gasteiger partial charge in [-0.1, -0.05) is 23.7 Å². The minimum absolute atomic E-state index is 0.116. The van der Waals surface area contributed by atoms with E-state index in [1.165, 1.54) is 11.8 Å². The van der Waals surface area contributed by atoms with Crippen LogP contribution in [0.25, 0.3) is 0 Å². The van der Waals surface area contributed by atoms with Crippen LogP contribution in [0.4, 0.5) is 11.5 Å². The van der Waals surface area contributed by atoms with Crippen LogP contribution in [0.3, 0.4) is 0 Å². The van der Waals surface area contributed by atoms with Crippen molar-refractivity contribution in [1.82, 2.24) is 4.98 Å². The highest BCUT2D eigenvalue weighted by atomic mass is 35.5. The van der Waals surface area contributed by atoms with E-state index in [4.69, 9.17) is 17.3 Å². The predicted molar refractivity (Wildman–Crippen MR) is 79.5 cm³/mol. The van der Waals surface area contributed by atoms with E-state index >= 15 is 0 Å². The topological polar surface area (TPSA) is 68.0 Å². The summed E-state index contributed by atoms with van der Waals surface area (Å²) in [7, 11) is 0. The molecule has 1 amide bonds. The lowest BCUT2D eigenvalue weighted by Gasteiger charge is -2.06. The Balaban J connectivity index is 1.88. The number of nitrogens with zero attached hydrogens (tertiary/aromatic N) is 1. The standard InChI is InChI=1S/C13H12ClN3OS/c14-10-3-1-2-4-11(10)17-13(18)8-19-9-5-6-12(15)16-7-9/h1-7H,8H2,(H2,15,16)(H,17,18). The molecule has 0 spiro atoms. The van der Waals surface area contributed by atoms with Gasteiger partial charge in [-0.2, -0.15) is 0 Å². The number of benzene rings is 1. The third-order valence-corrected chi connectivity index (χ3v) is 3.59. The van der Waals surface area contributed by atoms with Gasteiger partial charge in [0, 0.05) is 11.1 Å². The van der Waals surface area contributed by atoms with Crippen molar-refractivity contribution in [3.63, 3.8) is 0 Å². The van der Waals surface area contributed by atoms with Gasteiger partial charge in [-0.15, -0.1) is 11.8 Å². The first-order valence-corrected chi connectivity index (χ1v) is 6.90. The second kappa shape index (κ2) is 6.45. The molecule has 2 aromatic rings. The van der Waals surface area contributed by atoms with Crippen LogP contribution in [-0.4, -0.2) is 16.6 Å². The smallest absolute Gasteiger partial charge is 0.234 e. The number of anilines is 2. The van der Waals surface area contributed by atoms with Crippen LogP contribution in [0.15, 0.2) is 47.5 Å². The second-order valence-corrected chi connectivity index (χ2v) is 5.19. The Hall–Kier alpha value is -1.72. The van der Waals surface area contributed by atoms with E-state index in [1.54, 1.807) is 24.4 Å². The van der Waals surface area contributed by atoms with Gasteiger partial charge < -0.3 is 11.1 Å². The van der Waals surface area contributed by atoms with Crippen LogP contribution in [0.5, 0.6) is 0 Å². The van der Waals surface area contributed by atoms with Crippen LogP contribution in [0.2, 0.25) is 5.02 Å². The Kier molecular flexibility index (Phi) is 4.65. The number of nitrogens with one attached hydrogen (secondary N) is 1. The molecule has 0 unspecified atom stereocenters. The number of pyridine rings is 1. The van der Waals surface area contributed by atoms with Crippen molar-refractivity contribution < 1.29 is 4.79 Å². The van der Waals surface area contributed by atoms with E-state index in [-0.39, 0.29) is 11.7 Å². The summed E-state index contributed by atoms with van der Waals surface area (Å²) >= 11 is 7.35. The molecule has 0 radical (unpaired) electrons. The molecular weight excluding hydrogens is 282 g/mol. The van der Waals surface area contributed by atoms with E-state index in [0.717, 1.165) is 4.90 Å².